The predicted molar refractivity (Wildman–Crippen MR) is 75.1 cm³/mol. The fourth-order valence-corrected chi connectivity index (χ4v) is 2.54. The molecule has 1 aromatic heterocycles. The third kappa shape index (κ3) is 3.04. The average Bonchev–Trinajstić information content (AvgIpc) is 2.73. The predicted octanol–water partition coefficient (Wildman–Crippen LogP) is 2.45. The van der Waals surface area contributed by atoms with Crippen LogP contribution in [-0.4, -0.2) is 20.6 Å². The van der Waals surface area contributed by atoms with Crippen LogP contribution in [0.3, 0.4) is 0 Å². The summed E-state index contributed by atoms with van der Waals surface area (Å²) < 4.78 is 1.60. The van der Waals surface area contributed by atoms with Gasteiger partial charge in [0.25, 0.3) is 0 Å². The van der Waals surface area contributed by atoms with E-state index in [4.69, 9.17) is 5.84 Å². The van der Waals surface area contributed by atoms with Crippen LogP contribution in [0.15, 0.2) is 35.5 Å². The van der Waals surface area contributed by atoms with E-state index in [1.54, 1.807) is 16.4 Å². The normalized spacial score (nSPS) is 11.1. The molecular formula is C13H18N4S. The first kappa shape index (κ1) is 13.0. The summed E-state index contributed by atoms with van der Waals surface area (Å²) in [6.07, 6.45) is 1.01. The number of thioether (sulfide) groups is 1. The molecule has 18 heavy (non-hydrogen) atoms. The minimum absolute atomic E-state index is 0.297. The molecule has 0 aliphatic heterocycles. The standard InChI is InChI=1S/C13H18N4S/c1-10(2)12-15-16-13(17(12)14)18-9-8-11-6-4-3-5-7-11/h3-7,10H,8-9,14H2,1-2H3. The zero-order chi connectivity index (χ0) is 13.0. The van der Waals surface area contributed by atoms with Gasteiger partial charge in [0.2, 0.25) is 5.16 Å². The molecule has 0 amide bonds. The highest BCUT2D eigenvalue weighted by atomic mass is 32.2. The topological polar surface area (TPSA) is 56.7 Å². The highest BCUT2D eigenvalue weighted by Crippen LogP contribution is 2.19. The third-order valence-corrected chi connectivity index (χ3v) is 3.62. The Labute approximate surface area is 112 Å². The van der Waals surface area contributed by atoms with Crippen molar-refractivity contribution in [3.8, 4) is 0 Å². The Morgan fingerprint density at radius 3 is 2.56 bits per heavy atom. The van der Waals surface area contributed by atoms with E-state index in [-0.39, 0.29) is 0 Å². The van der Waals surface area contributed by atoms with Crippen LogP contribution in [0.1, 0.15) is 31.2 Å². The second-order valence-corrected chi connectivity index (χ2v) is 5.51. The lowest BCUT2D eigenvalue weighted by atomic mass is 10.2. The Hall–Kier alpha value is -1.49. The maximum absolute atomic E-state index is 5.95. The van der Waals surface area contributed by atoms with Gasteiger partial charge in [-0.15, -0.1) is 10.2 Å². The van der Waals surface area contributed by atoms with Crippen molar-refractivity contribution < 1.29 is 0 Å². The fourth-order valence-electron chi connectivity index (χ4n) is 1.69. The van der Waals surface area contributed by atoms with Crippen LogP contribution in [0.5, 0.6) is 0 Å². The Balaban J connectivity index is 1.91. The minimum atomic E-state index is 0.297. The van der Waals surface area contributed by atoms with Crippen LogP contribution in [0.25, 0.3) is 0 Å². The Kier molecular flexibility index (Phi) is 4.25. The van der Waals surface area contributed by atoms with Crippen LogP contribution < -0.4 is 5.84 Å². The van der Waals surface area contributed by atoms with Gasteiger partial charge in [0.05, 0.1) is 0 Å². The van der Waals surface area contributed by atoms with Crippen LogP contribution in [-0.2, 0) is 6.42 Å². The largest absolute Gasteiger partial charge is 0.336 e. The van der Waals surface area contributed by atoms with E-state index in [9.17, 15) is 0 Å². The molecule has 2 rings (SSSR count). The smallest absolute Gasteiger partial charge is 0.209 e. The molecule has 0 aliphatic rings. The first-order valence-corrected chi connectivity index (χ1v) is 7.04. The molecule has 0 spiro atoms. The molecule has 96 valence electrons. The first-order chi connectivity index (χ1) is 8.68. The van der Waals surface area contributed by atoms with Crippen molar-refractivity contribution in [3.05, 3.63) is 41.7 Å². The van der Waals surface area contributed by atoms with E-state index in [1.165, 1.54) is 5.56 Å². The SMILES string of the molecule is CC(C)c1nnc(SCCc2ccccc2)n1N. The Morgan fingerprint density at radius 2 is 1.94 bits per heavy atom. The van der Waals surface area contributed by atoms with E-state index in [2.05, 4.69) is 48.3 Å². The number of nitrogen functional groups attached to an aromatic ring is 1. The summed E-state index contributed by atoms with van der Waals surface area (Å²) in [7, 11) is 0. The zero-order valence-corrected chi connectivity index (χ0v) is 11.5. The maximum atomic E-state index is 5.95. The molecule has 0 saturated heterocycles. The zero-order valence-electron chi connectivity index (χ0n) is 10.7. The molecule has 0 bridgehead atoms. The van der Waals surface area contributed by atoms with E-state index in [1.807, 2.05) is 6.07 Å². The van der Waals surface area contributed by atoms with Gasteiger partial charge in [0.1, 0.15) is 0 Å². The first-order valence-electron chi connectivity index (χ1n) is 6.05. The van der Waals surface area contributed by atoms with Gasteiger partial charge in [0.15, 0.2) is 5.82 Å². The Bertz CT molecular complexity index is 493. The van der Waals surface area contributed by atoms with Gasteiger partial charge in [-0.1, -0.05) is 55.9 Å². The number of nitrogens with two attached hydrogens (primary N) is 1. The number of benzene rings is 1. The third-order valence-electron chi connectivity index (χ3n) is 2.67. The van der Waals surface area contributed by atoms with Crippen LogP contribution in [0.2, 0.25) is 0 Å². The molecule has 0 fully saturated rings. The van der Waals surface area contributed by atoms with Crippen molar-refractivity contribution in [2.75, 3.05) is 11.6 Å². The number of rotatable bonds is 5. The summed E-state index contributed by atoms with van der Waals surface area (Å²) in [5.74, 6) is 8.04. The van der Waals surface area contributed by atoms with Crippen LogP contribution in [0.4, 0.5) is 0 Å². The highest BCUT2D eigenvalue weighted by Gasteiger charge is 2.12. The average molecular weight is 262 g/mol. The summed E-state index contributed by atoms with van der Waals surface area (Å²) in [4.78, 5) is 0. The van der Waals surface area contributed by atoms with Crippen molar-refractivity contribution in [1.29, 1.82) is 0 Å². The van der Waals surface area contributed by atoms with Crippen LogP contribution >= 0.6 is 11.8 Å². The van der Waals surface area contributed by atoms with Crippen molar-refractivity contribution >= 4 is 11.8 Å². The van der Waals surface area contributed by atoms with Gasteiger partial charge in [-0.25, -0.2) is 4.68 Å². The molecule has 5 heteroatoms. The second kappa shape index (κ2) is 5.91. The summed E-state index contributed by atoms with van der Waals surface area (Å²) >= 11 is 1.64. The summed E-state index contributed by atoms with van der Waals surface area (Å²) in [5, 5.41) is 9.01. The van der Waals surface area contributed by atoms with Gasteiger partial charge in [-0.3, -0.25) is 0 Å². The molecule has 2 aromatic rings. The quantitative estimate of drug-likeness (QED) is 0.664. The molecule has 0 radical (unpaired) electrons. The second-order valence-electron chi connectivity index (χ2n) is 4.45. The number of nitrogens with zero attached hydrogens (tertiary/aromatic N) is 3. The van der Waals surface area contributed by atoms with Gasteiger partial charge in [-0.05, 0) is 12.0 Å². The van der Waals surface area contributed by atoms with Gasteiger partial charge in [0, 0.05) is 11.7 Å². The van der Waals surface area contributed by atoms with Gasteiger partial charge >= 0.3 is 0 Å². The summed E-state index contributed by atoms with van der Waals surface area (Å²) in [5.41, 5.74) is 1.33. The van der Waals surface area contributed by atoms with Gasteiger partial charge < -0.3 is 5.84 Å². The number of aromatic nitrogens is 3. The van der Waals surface area contributed by atoms with E-state index in [0.717, 1.165) is 23.2 Å². The molecular weight excluding hydrogens is 244 g/mol. The van der Waals surface area contributed by atoms with Gasteiger partial charge in [-0.2, -0.15) is 0 Å². The minimum Gasteiger partial charge on any atom is -0.336 e. The number of hydrogen-bond donors (Lipinski definition) is 1. The monoisotopic (exact) mass is 262 g/mol. The van der Waals surface area contributed by atoms with E-state index in [0.29, 0.717) is 5.92 Å². The lowest BCUT2D eigenvalue weighted by Gasteiger charge is -2.05. The number of aryl methyl sites for hydroxylation is 1. The van der Waals surface area contributed by atoms with Crippen molar-refractivity contribution in [2.45, 2.75) is 31.3 Å². The highest BCUT2D eigenvalue weighted by molar-refractivity contribution is 7.99. The molecule has 1 heterocycles. The van der Waals surface area contributed by atoms with E-state index < -0.39 is 0 Å². The molecule has 1 aromatic carbocycles. The van der Waals surface area contributed by atoms with Crippen molar-refractivity contribution in [3.63, 3.8) is 0 Å². The summed E-state index contributed by atoms with van der Waals surface area (Å²) in [6.45, 7) is 4.12. The molecule has 0 unspecified atom stereocenters. The Morgan fingerprint density at radius 1 is 1.22 bits per heavy atom. The molecule has 2 N–H and O–H groups in total. The van der Waals surface area contributed by atoms with Crippen LogP contribution in [0, 0.1) is 0 Å². The summed E-state index contributed by atoms with van der Waals surface area (Å²) in [6, 6.07) is 10.4. The fraction of sp³-hybridized carbons (Fsp3) is 0.385. The van der Waals surface area contributed by atoms with E-state index >= 15 is 0 Å². The molecule has 4 nitrogen and oxygen atoms in total. The van der Waals surface area contributed by atoms with Crippen molar-refractivity contribution in [2.24, 2.45) is 0 Å². The molecule has 0 saturated carbocycles. The van der Waals surface area contributed by atoms with Crippen molar-refractivity contribution in [1.82, 2.24) is 14.9 Å². The lowest BCUT2D eigenvalue weighted by Crippen LogP contribution is -2.15. The molecule has 0 atom stereocenters. The maximum Gasteiger partial charge on any atom is 0.209 e. The number of hydrogen-bond acceptors (Lipinski definition) is 4. The molecule has 0 aliphatic carbocycles. The lowest BCUT2D eigenvalue weighted by molar-refractivity contribution is 0.711.